The number of halogens is 3. The molecule has 5 nitrogen and oxygen atoms in total. The van der Waals surface area contributed by atoms with Gasteiger partial charge in [0.25, 0.3) is 5.91 Å². The summed E-state index contributed by atoms with van der Waals surface area (Å²) in [7, 11) is 0. The van der Waals surface area contributed by atoms with Crippen molar-refractivity contribution in [3.63, 3.8) is 0 Å². The molecule has 3 aromatic rings. The van der Waals surface area contributed by atoms with Crippen molar-refractivity contribution in [2.75, 3.05) is 5.32 Å². The third kappa shape index (κ3) is 3.78. The summed E-state index contributed by atoms with van der Waals surface area (Å²) in [6.07, 6.45) is 3.31. The van der Waals surface area contributed by atoms with Gasteiger partial charge in [0.05, 0.1) is 27.6 Å². The number of anilines is 2. The number of amides is 1. The van der Waals surface area contributed by atoms with Gasteiger partial charge in [0.1, 0.15) is 5.82 Å². The van der Waals surface area contributed by atoms with Crippen molar-refractivity contribution in [3.05, 3.63) is 74.8 Å². The van der Waals surface area contributed by atoms with E-state index in [1.807, 2.05) is 6.07 Å². The normalized spacial score (nSPS) is 10.6. The standard InChI is InChI=1S/C17H12ClFIN3O2/c18-12-7-10(20)3-4-14(12)21-15-9-13(19)16(23-5-1-2-6-23)8-11(15)17(24)22-25/h1-9,21,25H,(H,22,24). The van der Waals surface area contributed by atoms with Gasteiger partial charge >= 0.3 is 0 Å². The smallest absolute Gasteiger partial charge is 0.276 e. The number of hydrogen-bond acceptors (Lipinski definition) is 3. The van der Waals surface area contributed by atoms with E-state index in [1.165, 1.54) is 16.7 Å². The van der Waals surface area contributed by atoms with Gasteiger partial charge in [0.15, 0.2) is 0 Å². The molecule has 0 fully saturated rings. The zero-order chi connectivity index (χ0) is 18.0. The minimum atomic E-state index is -0.766. The molecule has 0 spiro atoms. The number of benzene rings is 2. The second kappa shape index (κ2) is 7.42. The van der Waals surface area contributed by atoms with E-state index in [0.717, 1.165) is 3.57 Å². The van der Waals surface area contributed by atoms with Crippen molar-refractivity contribution in [2.24, 2.45) is 0 Å². The molecule has 0 unspecified atom stereocenters. The van der Waals surface area contributed by atoms with Gasteiger partial charge in [0, 0.05) is 22.0 Å². The van der Waals surface area contributed by atoms with E-state index in [1.54, 1.807) is 42.1 Å². The first-order valence-corrected chi connectivity index (χ1v) is 8.58. The van der Waals surface area contributed by atoms with Crippen LogP contribution in [0.5, 0.6) is 0 Å². The van der Waals surface area contributed by atoms with Gasteiger partial charge in [0.2, 0.25) is 0 Å². The van der Waals surface area contributed by atoms with Crippen LogP contribution in [-0.2, 0) is 0 Å². The van der Waals surface area contributed by atoms with E-state index in [4.69, 9.17) is 16.8 Å². The average Bonchev–Trinajstić information content (AvgIpc) is 3.11. The van der Waals surface area contributed by atoms with E-state index in [9.17, 15) is 9.18 Å². The second-order valence-corrected chi connectivity index (χ2v) is 6.78. The number of hydrogen-bond donors (Lipinski definition) is 3. The van der Waals surface area contributed by atoms with Crippen molar-refractivity contribution in [3.8, 4) is 5.69 Å². The zero-order valence-corrected chi connectivity index (χ0v) is 15.5. The molecule has 0 saturated heterocycles. The molecular weight excluding hydrogens is 460 g/mol. The monoisotopic (exact) mass is 471 g/mol. The third-order valence-electron chi connectivity index (χ3n) is 3.52. The fourth-order valence-corrected chi connectivity index (χ4v) is 3.25. The molecule has 3 rings (SSSR count). The largest absolute Gasteiger partial charge is 0.354 e. The van der Waals surface area contributed by atoms with Crippen molar-refractivity contribution in [1.82, 2.24) is 10.0 Å². The predicted octanol–water partition coefficient (Wildman–Crippen LogP) is 4.74. The summed E-state index contributed by atoms with van der Waals surface area (Å²) in [5, 5.41) is 12.4. The summed E-state index contributed by atoms with van der Waals surface area (Å²) in [5.41, 5.74) is 2.53. The fraction of sp³-hybridized carbons (Fsp3) is 0. The molecule has 1 amide bonds. The van der Waals surface area contributed by atoms with Gasteiger partial charge < -0.3 is 9.88 Å². The maximum atomic E-state index is 14.5. The molecule has 25 heavy (non-hydrogen) atoms. The summed E-state index contributed by atoms with van der Waals surface area (Å²) >= 11 is 8.30. The Labute approximate surface area is 161 Å². The number of nitrogens with one attached hydrogen (secondary N) is 2. The van der Waals surface area contributed by atoms with Crippen LogP contribution in [-0.4, -0.2) is 15.7 Å². The third-order valence-corrected chi connectivity index (χ3v) is 4.50. The molecule has 1 heterocycles. The SMILES string of the molecule is O=C(NO)c1cc(-n2cccc2)c(F)cc1Nc1ccc(I)cc1Cl. The van der Waals surface area contributed by atoms with Crippen LogP contribution in [0.15, 0.2) is 54.9 Å². The molecule has 0 atom stereocenters. The lowest BCUT2D eigenvalue weighted by Gasteiger charge is -2.15. The first kappa shape index (κ1) is 17.7. The molecular formula is C17H12ClFIN3O2. The molecule has 2 aromatic carbocycles. The highest BCUT2D eigenvalue weighted by Crippen LogP contribution is 2.31. The van der Waals surface area contributed by atoms with Crippen LogP contribution >= 0.6 is 34.2 Å². The van der Waals surface area contributed by atoms with Gasteiger partial charge in [-0.3, -0.25) is 10.0 Å². The van der Waals surface area contributed by atoms with Crippen molar-refractivity contribution < 1.29 is 14.4 Å². The van der Waals surface area contributed by atoms with Crippen LogP contribution in [0, 0.1) is 9.39 Å². The van der Waals surface area contributed by atoms with Crippen LogP contribution in [0.1, 0.15) is 10.4 Å². The lowest BCUT2D eigenvalue weighted by atomic mass is 10.1. The van der Waals surface area contributed by atoms with Gasteiger partial charge in [-0.25, -0.2) is 9.87 Å². The van der Waals surface area contributed by atoms with Gasteiger partial charge in [-0.15, -0.1) is 0 Å². The summed E-state index contributed by atoms with van der Waals surface area (Å²) in [5.74, 6) is -1.30. The Bertz CT molecular complexity index is 932. The minimum absolute atomic E-state index is 0.0715. The Kier molecular flexibility index (Phi) is 5.26. The number of nitrogens with zero attached hydrogens (tertiary/aromatic N) is 1. The second-order valence-electron chi connectivity index (χ2n) is 5.13. The highest BCUT2D eigenvalue weighted by Gasteiger charge is 2.17. The van der Waals surface area contributed by atoms with Gasteiger partial charge in [-0.2, -0.15) is 0 Å². The number of hydroxylamine groups is 1. The lowest BCUT2D eigenvalue weighted by Crippen LogP contribution is -2.20. The Hall–Kier alpha value is -2.10. The molecule has 1 aromatic heterocycles. The zero-order valence-electron chi connectivity index (χ0n) is 12.6. The fourth-order valence-electron chi connectivity index (χ4n) is 2.34. The summed E-state index contributed by atoms with van der Waals surface area (Å²) in [6.45, 7) is 0. The summed E-state index contributed by atoms with van der Waals surface area (Å²) in [6, 6.07) is 11.3. The van der Waals surface area contributed by atoms with Crippen LogP contribution in [0.4, 0.5) is 15.8 Å². The Morgan fingerprint density at radius 2 is 1.88 bits per heavy atom. The number of aromatic nitrogens is 1. The number of rotatable bonds is 4. The van der Waals surface area contributed by atoms with E-state index in [2.05, 4.69) is 27.9 Å². The molecule has 0 radical (unpaired) electrons. The van der Waals surface area contributed by atoms with Crippen LogP contribution in [0.3, 0.4) is 0 Å². The molecule has 128 valence electrons. The Morgan fingerprint density at radius 3 is 2.52 bits per heavy atom. The maximum Gasteiger partial charge on any atom is 0.276 e. The molecule has 3 N–H and O–H groups in total. The lowest BCUT2D eigenvalue weighted by molar-refractivity contribution is 0.0707. The molecule has 8 heteroatoms. The quantitative estimate of drug-likeness (QED) is 0.293. The molecule has 0 saturated carbocycles. The number of carbonyl (C=O) groups excluding carboxylic acids is 1. The molecule has 0 aliphatic heterocycles. The van der Waals surface area contributed by atoms with Crippen LogP contribution < -0.4 is 10.8 Å². The molecule has 0 aliphatic carbocycles. The van der Waals surface area contributed by atoms with Crippen molar-refractivity contribution >= 4 is 51.5 Å². The average molecular weight is 472 g/mol. The highest BCUT2D eigenvalue weighted by atomic mass is 127. The topological polar surface area (TPSA) is 66.3 Å². The van der Waals surface area contributed by atoms with Crippen molar-refractivity contribution in [1.29, 1.82) is 0 Å². The first-order valence-electron chi connectivity index (χ1n) is 7.13. The van der Waals surface area contributed by atoms with E-state index >= 15 is 0 Å². The van der Waals surface area contributed by atoms with Crippen LogP contribution in [0.25, 0.3) is 5.69 Å². The van der Waals surface area contributed by atoms with Crippen LogP contribution in [0.2, 0.25) is 5.02 Å². The number of carbonyl (C=O) groups is 1. The Balaban J connectivity index is 2.09. The Morgan fingerprint density at radius 1 is 1.16 bits per heavy atom. The molecule has 0 aliphatic rings. The van der Waals surface area contributed by atoms with E-state index < -0.39 is 11.7 Å². The summed E-state index contributed by atoms with van der Waals surface area (Å²) < 4.78 is 17.0. The van der Waals surface area contributed by atoms with E-state index in [-0.39, 0.29) is 16.9 Å². The highest BCUT2D eigenvalue weighted by molar-refractivity contribution is 14.1. The van der Waals surface area contributed by atoms with E-state index in [0.29, 0.717) is 10.7 Å². The maximum absolute atomic E-state index is 14.5. The molecule has 0 bridgehead atoms. The van der Waals surface area contributed by atoms with Gasteiger partial charge in [-0.1, -0.05) is 11.6 Å². The first-order chi connectivity index (χ1) is 12.0. The van der Waals surface area contributed by atoms with Gasteiger partial charge in [-0.05, 0) is 59.0 Å². The summed E-state index contributed by atoms with van der Waals surface area (Å²) in [4.78, 5) is 12.0. The predicted molar refractivity (Wildman–Crippen MR) is 102 cm³/mol. The van der Waals surface area contributed by atoms with Crippen molar-refractivity contribution in [2.45, 2.75) is 0 Å². The minimum Gasteiger partial charge on any atom is -0.354 e.